The Morgan fingerprint density at radius 3 is 2.64 bits per heavy atom. The Bertz CT molecular complexity index is 950. The van der Waals surface area contributed by atoms with Gasteiger partial charge in [0.15, 0.2) is 0 Å². The molecule has 0 N–H and O–H groups in total. The molecule has 1 atom stereocenters. The fourth-order valence-electron chi connectivity index (χ4n) is 3.47. The first-order valence-corrected chi connectivity index (χ1v) is 11.3. The number of likely N-dealkylation sites (tertiary alicyclic amines) is 1. The molecule has 2 aromatic rings. The highest BCUT2D eigenvalue weighted by molar-refractivity contribution is 9.10. The van der Waals surface area contributed by atoms with Gasteiger partial charge in [-0.3, -0.25) is 4.79 Å². The monoisotopic (exact) mass is 468 g/mol. The maximum Gasteiger partial charge on any atom is 0.243 e. The van der Waals surface area contributed by atoms with Crippen molar-refractivity contribution >= 4 is 31.9 Å². The van der Waals surface area contributed by atoms with Gasteiger partial charge in [0.2, 0.25) is 15.9 Å². The van der Waals surface area contributed by atoms with Crippen LogP contribution in [-0.2, 0) is 21.2 Å². The molecule has 1 unspecified atom stereocenters. The van der Waals surface area contributed by atoms with E-state index in [9.17, 15) is 17.6 Å². The van der Waals surface area contributed by atoms with Crippen molar-refractivity contribution in [3.8, 4) is 0 Å². The van der Waals surface area contributed by atoms with E-state index in [1.165, 1.54) is 31.3 Å². The zero-order chi connectivity index (χ0) is 20.3. The lowest BCUT2D eigenvalue weighted by molar-refractivity contribution is -0.132. The molecule has 1 heterocycles. The van der Waals surface area contributed by atoms with Crippen LogP contribution in [0.5, 0.6) is 0 Å². The molecule has 1 aliphatic heterocycles. The molecule has 0 spiro atoms. The molecule has 5 nitrogen and oxygen atoms in total. The quantitative estimate of drug-likeness (QED) is 0.652. The molecule has 0 saturated carbocycles. The van der Waals surface area contributed by atoms with Gasteiger partial charge in [0.1, 0.15) is 5.82 Å². The highest BCUT2D eigenvalue weighted by atomic mass is 79.9. The van der Waals surface area contributed by atoms with E-state index in [2.05, 4.69) is 15.9 Å². The van der Waals surface area contributed by atoms with Gasteiger partial charge >= 0.3 is 0 Å². The average Bonchev–Trinajstić information content (AvgIpc) is 3.10. The van der Waals surface area contributed by atoms with Crippen LogP contribution in [-0.4, -0.2) is 49.7 Å². The highest BCUT2D eigenvalue weighted by Crippen LogP contribution is 2.23. The largest absolute Gasteiger partial charge is 0.338 e. The predicted octanol–water partition coefficient (Wildman–Crippen LogP) is 3.44. The summed E-state index contributed by atoms with van der Waals surface area (Å²) in [5, 5.41) is 0. The molecule has 1 fully saturated rings. The third-order valence-electron chi connectivity index (χ3n) is 4.94. The van der Waals surface area contributed by atoms with E-state index in [0.717, 1.165) is 27.2 Å². The van der Waals surface area contributed by atoms with Gasteiger partial charge in [0, 0.05) is 24.1 Å². The van der Waals surface area contributed by atoms with Crippen LogP contribution in [0.2, 0.25) is 0 Å². The van der Waals surface area contributed by atoms with Crippen molar-refractivity contribution in [3.63, 3.8) is 0 Å². The number of amides is 1. The number of benzene rings is 2. The van der Waals surface area contributed by atoms with Crippen molar-refractivity contribution < 1.29 is 17.6 Å². The summed E-state index contributed by atoms with van der Waals surface area (Å²) in [4.78, 5) is 14.7. The number of hydrogen-bond donors (Lipinski definition) is 0. The van der Waals surface area contributed by atoms with Crippen molar-refractivity contribution in [2.45, 2.75) is 30.2 Å². The van der Waals surface area contributed by atoms with Gasteiger partial charge in [-0.1, -0.05) is 28.1 Å². The van der Waals surface area contributed by atoms with Gasteiger partial charge in [-0.25, -0.2) is 12.8 Å². The summed E-state index contributed by atoms with van der Waals surface area (Å²) in [6, 6.07) is 12.6. The molecule has 2 aromatic carbocycles. The van der Waals surface area contributed by atoms with Gasteiger partial charge < -0.3 is 4.90 Å². The number of carbonyl (C=O) groups is 1. The second kappa shape index (κ2) is 8.71. The molecule has 150 valence electrons. The number of hydrogen-bond acceptors (Lipinski definition) is 3. The number of carbonyl (C=O) groups excluding carboxylic acids is 1. The summed E-state index contributed by atoms with van der Waals surface area (Å²) in [6.45, 7) is 0.364. The zero-order valence-electron chi connectivity index (χ0n) is 15.5. The van der Waals surface area contributed by atoms with Crippen LogP contribution in [0.3, 0.4) is 0 Å². The van der Waals surface area contributed by atoms with Gasteiger partial charge in [-0.15, -0.1) is 0 Å². The van der Waals surface area contributed by atoms with E-state index < -0.39 is 10.0 Å². The van der Waals surface area contributed by atoms with Crippen LogP contribution in [0.25, 0.3) is 0 Å². The van der Waals surface area contributed by atoms with E-state index >= 15 is 0 Å². The molecule has 0 radical (unpaired) electrons. The van der Waals surface area contributed by atoms with Crippen LogP contribution in [0.15, 0.2) is 57.9 Å². The first-order chi connectivity index (χ1) is 13.3. The number of halogens is 2. The molecular weight excluding hydrogens is 447 g/mol. The molecule has 0 bridgehead atoms. The summed E-state index contributed by atoms with van der Waals surface area (Å²) < 4.78 is 40.7. The van der Waals surface area contributed by atoms with E-state index in [0.29, 0.717) is 13.0 Å². The average molecular weight is 469 g/mol. The summed E-state index contributed by atoms with van der Waals surface area (Å²) in [5.41, 5.74) is 0.834. The molecular formula is C20H22BrFN2O3S. The zero-order valence-corrected chi connectivity index (χ0v) is 17.9. The molecule has 8 heteroatoms. The van der Waals surface area contributed by atoms with Crippen LogP contribution >= 0.6 is 15.9 Å². The fourth-order valence-corrected chi connectivity index (χ4v) is 4.85. The van der Waals surface area contributed by atoms with Gasteiger partial charge in [-0.05, 0) is 61.2 Å². The number of likely N-dealkylation sites (N-methyl/N-ethyl adjacent to an activating group) is 1. The first-order valence-electron chi connectivity index (χ1n) is 9.03. The standard InChI is InChI=1S/C20H22BrFN2O3S/c1-23(28(26,27)19-9-7-16(21)8-10-19)14-20(25)24-11-3-6-18(24)13-15-4-2-5-17(22)12-15/h2,4-5,7-10,12,18H,3,6,11,13-14H2,1H3. The summed E-state index contributed by atoms with van der Waals surface area (Å²) in [7, 11) is -2.34. The second-order valence-electron chi connectivity index (χ2n) is 6.93. The lowest BCUT2D eigenvalue weighted by Gasteiger charge is -2.27. The lowest BCUT2D eigenvalue weighted by atomic mass is 10.0. The normalized spacial score (nSPS) is 17.3. The SMILES string of the molecule is CN(CC(=O)N1CCCC1Cc1cccc(F)c1)S(=O)(=O)c1ccc(Br)cc1. The minimum atomic E-state index is -3.75. The van der Waals surface area contributed by atoms with Gasteiger partial charge in [0.25, 0.3) is 0 Å². The first kappa shape index (κ1) is 21.0. The fraction of sp³-hybridized carbons (Fsp3) is 0.350. The highest BCUT2D eigenvalue weighted by Gasteiger charge is 2.31. The Morgan fingerprint density at radius 2 is 1.96 bits per heavy atom. The van der Waals surface area contributed by atoms with Crippen molar-refractivity contribution in [3.05, 3.63) is 64.4 Å². The Kier molecular flexibility index (Phi) is 6.52. The van der Waals surface area contributed by atoms with E-state index in [1.54, 1.807) is 23.1 Å². The molecule has 3 rings (SSSR count). The predicted molar refractivity (Wildman–Crippen MR) is 109 cm³/mol. The number of sulfonamides is 1. The topological polar surface area (TPSA) is 57.7 Å². The van der Waals surface area contributed by atoms with Crippen LogP contribution in [0, 0.1) is 5.82 Å². The van der Waals surface area contributed by atoms with Crippen LogP contribution < -0.4 is 0 Å². The Hall–Kier alpha value is -1.77. The molecule has 0 aliphatic carbocycles. The molecule has 1 aliphatic rings. The summed E-state index contributed by atoms with van der Waals surface area (Å²) in [6.07, 6.45) is 2.24. The van der Waals surface area contributed by atoms with Gasteiger partial charge in [0.05, 0.1) is 11.4 Å². The maximum atomic E-state index is 13.4. The Balaban J connectivity index is 1.68. The molecule has 28 heavy (non-hydrogen) atoms. The van der Waals surface area contributed by atoms with E-state index in [4.69, 9.17) is 0 Å². The van der Waals surface area contributed by atoms with E-state index in [1.807, 2.05) is 6.07 Å². The summed E-state index contributed by atoms with van der Waals surface area (Å²) >= 11 is 3.28. The van der Waals surface area contributed by atoms with Crippen LogP contribution in [0.4, 0.5) is 4.39 Å². The number of rotatable bonds is 6. The van der Waals surface area contributed by atoms with Crippen molar-refractivity contribution in [1.29, 1.82) is 0 Å². The molecule has 1 amide bonds. The Morgan fingerprint density at radius 1 is 1.25 bits per heavy atom. The molecule has 1 saturated heterocycles. The van der Waals surface area contributed by atoms with Crippen molar-refractivity contribution in [2.24, 2.45) is 0 Å². The second-order valence-corrected chi connectivity index (χ2v) is 9.89. The minimum absolute atomic E-state index is 0.0434. The minimum Gasteiger partial charge on any atom is -0.338 e. The van der Waals surface area contributed by atoms with Crippen LogP contribution in [0.1, 0.15) is 18.4 Å². The molecule has 0 aromatic heterocycles. The summed E-state index contributed by atoms with van der Waals surface area (Å²) in [5.74, 6) is -0.532. The third kappa shape index (κ3) is 4.79. The smallest absolute Gasteiger partial charge is 0.243 e. The van der Waals surface area contributed by atoms with Crippen molar-refractivity contribution in [2.75, 3.05) is 20.1 Å². The maximum absolute atomic E-state index is 13.4. The Labute approximate surface area is 173 Å². The van der Waals surface area contributed by atoms with Gasteiger partial charge in [-0.2, -0.15) is 4.31 Å². The van der Waals surface area contributed by atoms with E-state index in [-0.39, 0.29) is 29.2 Å². The lowest BCUT2D eigenvalue weighted by Crippen LogP contribution is -2.44. The third-order valence-corrected chi connectivity index (χ3v) is 7.28. The number of nitrogens with zero attached hydrogens (tertiary/aromatic N) is 2. The van der Waals surface area contributed by atoms with Crippen molar-refractivity contribution in [1.82, 2.24) is 9.21 Å².